The zero-order chi connectivity index (χ0) is 11.3. The van der Waals surface area contributed by atoms with E-state index in [1.807, 2.05) is 0 Å². The number of benzene rings is 1. The molecule has 0 bridgehead atoms. The van der Waals surface area contributed by atoms with E-state index in [2.05, 4.69) is 10.1 Å². The van der Waals surface area contributed by atoms with Crippen LogP contribution in [0.1, 0.15) is 6.42 Å². The summed E-state index contributed by atoms with van der Waals surface area (Å²) in [6, 6.07) is 4.00. The number of nitrogens with one attached hydrogen (secondary N) is 1. The largest absolute Gasteiger partial charge is 0.469 e. The Morgan fingerprint density at radius 3 is 3.00 bits per heavy atom. The van der Waals surface area contributed by atoms with Crippen LogP contribution in [0.5, 0.6) is 0 Å². The summed E-state index contributed by atoms with van der Waals surface area (Å²) in [5.41, 5.74) is 0.473. The van der Waals surface area contributed by atoms with Gasteiger partial charge >= 0.3 is 5.97 Å². The van der Waals surface area contributed by atoms with Crippen LogP contribution in [-0.2, 0) is 9.53 Å². The predicted molar refractivity (Wildman–Crippen MR) is 56.5 cm³/mol. The highest BCUT2D eigenvalue weighted by Gasteiger charge is 2.03. The third-order valence-corrected chi connectivity index (χ3v) is 2.13. The van der Waals surface area contributed by atoms with E-state index >= 15 is 0 Å². The summed E-state index contributed by atoms with van der Waals surface area (Å²) in [7, 11) is 1.32. The molecule has 0 spiro atoms. The summed E-state index contributed by atoms with van der Waals surface area (Å²) in [5.74, 6) is -0.699. The van der Waals surface area contributed by atoms with E-state index in [1.54, 1.807) is 0 Å². The van der Waals surface area contributed by atoms with E-state index in [9.17, 15) is 9.18 Å². The van der Waals surface area contributed by atoms with Crippen molar-refractivity contribution < 1.29 is 13.9 Å². The van der Waals surface area contributed by atoms with Crippen LogP contribution in [0.4, 0.5) is 10.1 Å². The standard InChI is InChI=1S/C10H11ClFNO2/c1-15-10(14)4-5-13-9-6-7(12)2-3-8(9)11/h2-3,6,13H,4-5H2,1H3. The van der Waals surface area contributed by atoms with Gasteiger partial charge in [-0.2, -0.15) is 0 Å². The van der Waals surface area contributed by atoms with Crippen LogP contribution in [0.3, 0.4) is 0 Å². The first-order valence-corrected chi connectivity index (χ1v) is 4.77. The molecule has 3 nitrogen and oxygen atoms in total. The quantitative estimate of drug-likeness (QED) is 0.809. The third kappa shape index (κ3) is 3.75. The van der Waals surface area contributed by atoms with Crippen molar-refractivity contribution in [3.8, 4) is 0 Å². The molecular formula is C10H11ClFNO2. The van der Waals surface area contributed by atoms with Gasteiger partial charge in [0.25, 0.3) is 0 Å². The van der Waals surface area contributed by atoms with Gasteiger partial charge in [-0.1, -0.05) is 11.6 Å². The van der Waals surface area contributed by atoms with Crippen LogP contribution >= 0.6 is 11.6 Å². The molecular weight excluding hydrogens is 221 g/mol. The Hall–Kier alpha value is -1.29. The van der Waals surface area contributed by atoms with Crippen LogP contribution in [0, 0.1) is 5.82 Å². The van der Waals surface area contributed by atoms with Crippen molar-refractivity contribution in [3.63, 3.8) is 0 Å². The number of ether oxygens (including phenoxy) is 1. The van der Waals surface area contributed by atoms with E-state index in [0.717, 1.165) is 0 Å². The Labute approximate surface area is 92.2 Å². The molecule has 5 heteroatoms. The lowest BCUT2D eigenvalue weighted by atomic mass is 10.3. The molecule has 1 rings (SSSR count). The molecule has 0 unspecified atom stereocenters. The normalized spacial score (nSPS) is 9.80. The molecule has 0 fully saturated rings. The molecule has 0 saturated carbocycles. The Kier molecular flexibility index (Phi) is 4.37. The van der Waals surface area contributed by atoms with E-state index in [0.29, 0.717) is 17.3 Å². The van der Waals surface area contributed by atoms with Crippen molar-refractivity contribution in [2.24, 2.45) is 0 Å². The van der Waals surface area contributed by atoms with Crippen LogP contribution in [0.25, 0.3) is 0 Å². The lowest BCUT2D eigenvalue weighted by Crippen LogP contribution is -2.09. The predicted octanol–water partition coefficient (Wildman–Crippen LogP) is 2.45. The maximum Gasteiger partial charge on any atom is 0.307 e. The van der Waals surface area contributed by atoms with Crippen molar-refractivity contribution in [3.05, 3.63) is 29.0 Å². The smallest absolute Gasteiger partial charge is 0.307 e. The number of rotatable bonds is 4. The second kappa shape index (κ2) is 5.56. The minimum Gasteiger partial charge on any atom is -0.469 e. The van der Waals surface area contributed by atoms with Gasteiger partial charge in [0.05, 0.1) is 24.2 Å². The number of esters is 1. The number of hydrogen-bond donors (Lipinski definition) is 1. The van der Waals surface area contributed by atoms with Gasteiger partial charge in [0.1, 0.15) is 5.82 Å². The second-order valence-electron chi connectivity index (χ2n) is 2.88. The Morgan fingerprint density at radius 2 is 2.33 bits per heavy atom. The van der Waals surface area contributed by atoms with Crippen molar-refractivity contribution in [2.45, 2.75) is 6.42 Å². The number of carbonyl (C=O) groups excluding carboxylic acids is 1. The molecule has 1 aromatic carbocycles. The van der Waals surface area contributed by atoms with Gasteiger partial charge in [0.2, 0.25) is 0 Å². The molecule has 0 aliphatic carbocycles. The Balaban J connectivity index is 2.50. The molecule has 0 saturated heterocycles. The molecule has 0 atom stereocenters. The summed E-state index contributed by atoms with van der Waals surface area (Å²) in [5, 5.41) is 3.26. The van der Waals surface area contributed by atoms with Crippen LogP contribution in [0.2, 0.25) is 5.02 Å². The molecule has 0 heterocycles. The lowest BCUT2D eigenvalue weighted by Gasteiger charge is -2.07. The van der Waals surface area contributed by atoms with Gasteiger partial charge in [-0.3, -0.25) is 4.79 Å². The molecule has 0 radical (unpaired) electrons. The fourth-order valence-corrected chi connectivity index (χ4v) is 1.22. The van der Waals surface area contributed by atoms with Crippen LogP contribution in [0.15, 0.2) is 18.2 Å². The van der Waals surface area contributed by atoms with Gasteiger partial charge in [0.15, 0.2) is 0 Å². The Morgan fingerprint density at radius 1 is 1.60 bits per heavy atom. The highest BCUT2D eigenvalue weighted by atomic mass is 35.5. The molecule has 0 aliphatic heterocycles. The highest BCUT2D eigenvalue weighted by Crippen LogP contribution is 2.22. The highest BCUT2D eigenvalue weighted by molar-refractivity contribution is 6.33. The fraction of sp³-hybridized carbons (Fsp3) is 0.300. The number of halogens is 2. The average molecular weight is 232 g/mol. The Bertz CT molecular complexity index is 357. The van der Waals surface area contributed by atoms with Gasteiger partial charge in [-0.05, 0) is 18.2 Å². The minimum atomic E-state index is -0.375. The van der Waals surface area contributed by atoms with Gasteiger partial charge in [0, 0.05) is 6.54 Å². The monoisotopic (exact) mass is 231 g/mol. The first-order chi connectivity index (χ1) is 7.13. The molecule has 15 heavy (non-hydrogen) atoms. The third-order valence-electron chi connectivity index (χ3n) is 1.80. The summed E-state index contributed by atoms with van der Waals surface area (Å²) < 4.78 is 17.3. The van der Waals surface area contributed by atoms with E-state index in [4.69, 9.17) is 11.6 Å². The zero-order valence-electron chi connectivity index (χ0n) is 8.22. The summed E-state index contributed by atoms with van der Waals surface area (Å²) in [6.07, 6.45) is 0.212. The van der Waals surface area contributed by atoms with Gasteiger partial charge < -0.3 is 10.1 Å². The molecule has 0 aromatic heterocycles. The summed E-state index contributed by atoms with van der Waals surface area (Å²) >= 11 is 5.80. The molecule has 1 N–H and O–H groups in total. The first kappa shape index (κ1) is 11.8. The van der Waals surface area contributed by atoms with Crippen molar-refractivity contribution in [1.82, 2.24) is 0 Å². The number of anilines is 1. The molecule has 82 valence electrons. The van der Waals surface area contributed by atoms with E-state index in [-0.39, 0.29) is 18.2 Å². The minimum absolute atomic E-state index is 0.212. The van der Waals surface area contributed by atoms with E-state index in [1.165, 1.54) is 25.3 Å². The number of carbonyl (C=O) groups is 1. The van der Waals surface area contributed by atoms with E-state index < -0.39 is 0 Å². The summed E-state index contributed by atoms with van der Waals surface area (Å²) in [4.78, 5) is 10.8. The van der Waals surface area contributed by atoms with Crippen molar-refractivity contribution in [1.29, 1.82) is 0 Å². The molecule has 1 aromatic rings. The van der Waals surface area contributed by atoms with Crippen LogP contribution < -0.4 is 5.32 Å². The summed E-state index contributed by atoms with van der Waals surface area (Å²) in [6.45, 7) is 0.357. The van der Waals surface area contributed by atoms with Crippen molar-refractivity contribution in [2.75, 3.05) is 19.0 Å². The average Bonchev–Trinajstić information content (AvgIpc) is 2.23. The second-order valence-corrected chi connectivity index (χ2v) is 3.28. The zero-order valence-corrected chi connectivity index (χ0v) is 8.97. The lowest BCUT2D eigenvalue weighted by molar-refractivity contribution is -0.140. The number of hydrogen-bond acceptors (Lipinski definition) is 3. The SMILES string of the molecule is COC(=O)CCNc1cc(F)ccc1Cl. The maximum absolute atomic E-state index is 12.8. The number of methoxy groups -OCH3 is 1. The fourth-order valence-electron chi connectivity index (χ4n) is 1.03. The molecule has 0 aliphatic rings. The van der Waals surface area contributed by atoms with Crippen molar-refractivity contribution >= 4 is 23.3 Å². The first-order valence-electron chi connectivity index (χ1n) is 4.39. The van der Waals surface area contributed by atoms with Crippen LogP contribution in [-0.4, -0.2) is 19.6 Å². The topological polar surface area (TPSA) is 38.3 Å². The maximum atomic E-state index is 12.8. The van der Waals surface area contributed by atoms with Gasteiger partial charge in [-0.15, -0.1) is 0 Å². The van der Waals surface area contributed by atoms with Gasteiger partial charge in [-0.25, -0.2) is 4.39 Å². The molecule has 0 amide bonds.